The Labute approximate surface area is 120 Å². The third-order valence-corrected chi connectivity index (χ3v) is 3.44. The van der Waals surface area contributed by atoms with Gasteiger partial charge < -0.3 is 0 Å². The van der Waals surface area contributed by atoms with E-state index in [9.17, 15) is 4.79 Å². The van der Waals surface area contributed by atoms with Gasteiger partial charge in [-0.15, -0.1) is 0 Å². The van der Waals surface area contributed by atoms with Crippen LogP contribution in [0.5, 0.6) is 0 Å². The molecule has 0 aliphatic carbocycles. The van der Waals surface area contributed by atoms with Gasteiger partial charge in [0.1, 0.15) is 5.82 Å². The van der Waals surface area contributed by atoms with Gasteiger partial charge in [-0.3, -0.25) is 19.4 Å². The third-order valence-electron chi connectivity index (χ3n) is 2.88. The highest BCUT2D eigenvalue weighted by molar-refractivity contribution is 9.10. The second kappa shape index (κ2) is 5.52. The van der Waals surface area contributed by atoms with E-state index in [-0.39, 0.29) is 5.91 Å². The van der Waals surface area contributed by atoms with Crippen molar-refractivity contribution in [2.24, 2.45) is 7.05 Å². The molecule has 0 N–H and O–H groups in total. The molecule has 2 rings (SSSR count). The Balaban J connectivity index is 2.14. The third kappa shape index (κ3) is 3.01. The Morgan fingerprint density at radius 2 is 2.16 bits per heavy atom. The summed E-state index contributed by atoms with van der Waals surface area (Å²) in [5, 5.41) is 4.10. The molecule has 0 aliphatic rings. The van der Waals surface area contributed by atoms with Gasteiger partial charge in [0.25, 0.3) is 0 Å². The summed E-state index contributed by atoms with van der Waals surface area (Å²) in [6, 6.07) is 3.83. The van der Waals surface area contributed by atoms with Crippen molar-refractivity contribution in [1.82, 2.24) is 14.8 Å². The second-order valence-corrected chi connectivity index (χ2v) is 5.23. The number of pyridine rings is 1. The summed E-state index contributed by atoms with van der Waals surface area (Å²) >= 11 is 3.39. The predicted octanol–water partition coefficient (Wildman–Crippen LogP) is 2.09. The number of carbonyl (C=O) groups is 1. The molecule has 19 heavy (non-hydrogen) atoms. The van der Waals surface area contributed by atoms with Crippen LogP contribution in [-0.4, -0.2) is 27.7 Å². The first-order valence-corrected chi connectivity index (χ1v) is 6.64. The first kappa shape index (κ1) is 13.7. The van der Waals surface area contributed by atoms with E-state index in [1.54, 1.807) is 36.1 Å². The zero-order valence-corrected chi connectivity index (χ0v) is 12.7. The van der Waals surface area contributed by atoms with Crippen LogP contribution in [0.1, 0.15) is 11.3 Å². The molecule has 0 atom stereocenters. The molecule has 0 bridgehead atoms. The van der Waals surface area contributed by atoms with Crippen molar-refractivity contribution in [1.29, 1.82) is 0 Å². The Hall–Kier alpha value is -1.69. The summed E-state index contributed by atoms with van der Waals surface area (Å²) in [6.45, 7) is 1.92. The summed E-state index contributed by atoms with van der Waals surface area (Å²) in [6.07, 6.45) is 3.73. The van der Waals surface area contributed by atoms with E-state index in [2.05, 4.69) is 26.0 Å². The Kier molecular flexibility index (Phi) is 3.99. The summed E-state index contributed by atoms with van der Waals surface area (Å²) in [5.41, 5.74) is 1.85. The lowest BCUT2D eigenvalue weighted by molar-refractivity contribution is -0.117. The minimum Gasteiger partial charge on any atom is -0.299 e. The number of nitrogens with zero attached hydrogens (tertiary/aromatic N) is 4. The Morgan fingerprint density at radius 1 is 1.42 bits per heavy atom. The molecule has 100 valence electrons. The number of amides is 1. The molecule has 0 fully saturated rings. The van der Waals surface area contributed by atoms with Crippen molar-refractivity contribution >= 4 is 27.7 Å². The van der Waals surface area contributed by atoms with Crippen molar-refractivity contribution in [2.75, 3.05) is 11.9 Å². The quantitative estimate of drug-likeness (QED) is 0.869. The maximum atomic E-state index is 12.2. The van der Waals surface area contributed by atoms with E-state index in [0.29, 0.717) is 6.42 Å². The molecule has 5 nitrogen and oxygen atoms in total. The highest BCUT2D eigenvalue weighted by atomic mass is 79.9. The number of likely N-dealkylation sites (N-methyl/N-ethyl adjacent to an activating group) is 1. The number of halogens is 1. The van der Waals surface area contributed by atoms with Crippen molar-refractivity contribution in [3.63, 3.8) is 0 Å². The van der Waals surface area contributed by atoms with Crippen LogP contribution in [0.15, 0.2) is 29.0 Å². The van der Waals surface area contributed by atoms with Gasteiger partial charge in [-0.25, -0.2) is 0 Å². The number of hydrogen-bond donors (Lipinski definition) is 0. The van der Waals surface area contributed by atoms with Crippen LogP contribution >= 0.6 is 15.9 Å². The summed E-state index contributed by atoms with van der Waals surface area (Å²) in [7, 11) is 3.54. The van der Waals surface area contributed by atoms with E-state index >= 15 is 0 Å². The average molecular weight is 323 g/mol. The van der Waals surface area contributed by atoms with Crippen LogP contribution in [0, 0.1) is 6.92 Å². The van der Waals surface area contributed by atoms with Gasteiger partial charge in [0.2, 0.25) is 5.91 Å². The number of hydrogen-bond acceptors (Lipinski definition) is 3. The fourth-order valence-corrected chi connectivity index (χ4v) is 2.41. The van der Waals surface area contributed by atoms with Crippen LogP contribution in [0.25, 0.3) is 0 Å². The molecule has 0 radical (unpaired) electrons. The molecule has 0 unspecified atom stereocenters. The molecule has 2 aromatic rings. The number of aromatic nitrogens is 3. The molecule has 0 spiro atoms. The largest absolute Gasteiger partial charge is 0.299 e. The summed E-state index contributed by atoms with van der Waals surface area (Å²) in [4.78, 5) is 18.0. The molecule has 0 saturated heterocycles. The van der Waals surface area contributed by atoms with Gasteiger partial charge in [0.15, 0.2) is 0 Å². The Bertz CT molecular complexity index is 572. The van der Waals surface area contributed by atoms with Gasteiger partial charge in [-0.1, -0.05) is 6.07 Å². The molecule has 0 aromatic carbocycles. The minimum absolute atomic E-state index is 0.00467. The number of aryl methyl sites for hydroxylation is 2. The van der Waals surface area contributed by atoms with Crippen LogP contribution in [0.3, 0.4) is 0 Å². The topological polar surface area (TPSA) is 51.0 Å². The highest BCUT2D eigenvalue weighted by Gasteiger charge is 2.17. The van der Waals surface area contributed by atoms with Gasteiger partial charge in [-0.2, -0.15) is 5.10 Å². The monoisotopic (exact) mass is 322 g/mol. The van der Waals surface area contributed by atoms with Gasteiger partial charge in [0.05, 0.1) is 17.1 Å². The summed E-state index contributed by atoms with van der Waals surface area (Å²) < 4.78 is 2.46. The molecular formula is C13H15BrN4O. The molecule has 1 amide bonds. The number of carbonyl (C=O) groups excluding carboxylic acids is 1. The zero-order valence-electron chi connectivity index (χ0n) is 11.1. The van der Waals surface area contributed by atoms with Crippen LogP contribution in [-0.2, 0) is 18.3 Å². The van der Waals surface area contributed by atoms with Crippen LogP contribution in [0.2, 0.25) is 0 Å². The van der Waals surface area contributed by atoms with Crippen molar-refractivity contribution in [3.8, 4) is 0 Å². The van der Waals surface area contributed by atoms with Crippen LogP contribution < -0.4 is 4.90 Å². The first-order valence-electron chi connectivity index (χ1n) is 5.84. The lowest BCUT2D eigenvalue weighted by Gasteiger charge is -2.17. The lowest BCUT2D eigenvalue weighted by Crippen LogP contribution is -2.30. The van der Waals surface area contributed by atoms with E-state index in [0.717, 1.165) is 21.5 Å². The fraction of sp³-hybridized carbons (Fsp3) is 0.308. The zero-order chi connectivity index (χ0) is 14.0. The first-order chi connectivity index (χ1) is 8.99. The minimum atomic E-state index is -0.00467. The number of anilines is 1. The predicted molar refractivity (Wildman–Crippen MR) is 77.0 cm³/mol. The van der Waals surface area contributed by atoms with Gasteiger partial charge >= 0.3 is 0 Å². The molecule has 0 aliphatic heterocycles. The maximum absolute atomic E-state index is 12.2. The van der Waals surface area contributed by atoms with Gasteiger partial charge in [-0.05, 0) is 34.5 Å². The van der Waals surface area contributed by atoms with E-state index in [1.165, 1.54) is 0 Å². The molecule has 6 heteroatoms. The second-order valence-electron chi connectivity index (χ2n) is 4.38. The van der Waals surface area contributed by atoms with E-state index in [4.69, 9.17) is 0 Å². The van der Waals surface area contributed by atoms with Crippen molar-refractivity contribution < 1.29 is 4.79 Å². The normalized spacial score (nSPS) is 10.5. The standard InChI is InChI=1S/C13H15BrN4O/c1-9-4-5-10(7-15-9)6-12(19)17(2)13-11(14)8-16-18(13)3/h4-5,7-8H,6H2,1-3H3. The highest BCUT2D eigenvalue weighted by Crippen LogP contribution is 2.24. The average Bonchev–Trinajstić information content (AvgIpc) is 2.71. The van der Waals surface area contributed by atoms with E-state index < -0.39 is 0 Å². The van der Waals surface area contributed by atoms with Gasteiger partial charge in [0, 0.05) is 26.0 Å². The molecule has 0 saturated carbocycles. The molecule has 2 aromatic heterocycles. The number of rotatable bonds is 3. The van der Waals surface area contributed by atoms with Crippen molar-refractivity contribution in [2.45, 2.75) is 13.3 Å². The molecule has 2 heterocycles. The molecular weight excluding hydrogens is 308 g/mol. The fourth-order valence-electron chi connectivity index (χ4n) is 1.80. The summed E-state index contributed by atoms with van der Waals surface area (Å²) in [5.74, 6) is 0.736. The smallest absolute Gasteiger partial charge is 0.232 e. The van der Waals surface area contributed by atoms with E-state index in [1.807, 2.05) is 19.1 Å². The Morgan fingerprint density at radius 3 is 2.68 bits per heavy atom. The lowest BCUT2D eigenvalue weighted by atomic mass is 10.2. The maximum Gasteiger partial charge on any atom is 0.232 e. The van der Waals surface area contributed by atoms with Crippen molar-refractivity contribution in [3.05, 3.63) is 40.3 Å². The van der Waals surface area contributed by atoms with Crippen LogP contribution in [0.4, 0.5) is 5.82 Å². The SMILES string of the molecule is Cc1ccc(CC(=O)N(C)c2c(Br)cnn2C)cn1.